The van der Waals surface area contributed by atoms with Gasteiger partial charge in [-0.1, -0.05) is 47.3 Å². The van der Waals surface area contributed by atoms with Gasteiger partial charge in [0, 0.05) is 42.7 Å². The third-order valence-electron chi connectivity index (χ3n) is 13.5. The van der Waals surface area contributed by atoms with E-state index in [9.17, 15) is 42.0 Å². The lowest BCUT2D eigenvalue weighted by Crippen LogP contribution is -2.46. The lowest BCUT2D eigenvalue weighted by atomic mass is 10.1. The Kier molecular flexibility index (Phi) is 26.9. The second kappa shape index (κ2) is 34.4. The largest absolute Gasteiger partial charge is 0.491 e. The molecule has 2 atom stereocenters. The van der Waals surface area contributed by atoms with Crippen LogP contribution in [0.3, 0.4) is 0 Å². The number of amides is 4. The predicted molar refractivity (Wildman–Crippen MR) is 338 cm³/mol. The van der Waals surface area contributed by atoms with Gasteiger partial charge in [0.2, 0.25) is 11.8 Å². The number of ether oxygens (including phenoxy) is 3. The van der Waals surface area contributed by atoms with Gasteiger partial charge in [0.25, 0.3) is 10.1 Å². The van der Waals surface area contributed by atoms with Crippen LogP contribution in [0, 0.1) is 36.9 Å². The fourth-order valence-corrected chi connectivity index (χ4v) is 11.5. The number of anilines is 5. The van der Waals surface area contributed by atoms with Crippen LogP contribution in [0.4, 0.5) is 41.6 Å². The number of aliphatic hydroxyl groups is 1. The van der Waals surface area contributed by atoms with Crippen LogP contribution in [0.25, 0.3) is 10.2 Å². The molecule has 4 amide bonds. The smallest absolute Gasteiger partial charge is 0.410 e. The van der Waals surface area contributed by atoms with Gasteiger partial charge >= 0.3 is 12.2 Å². The Labute approximate surface area is 524 Å². The van der Waals surface area contributed by atoms with E-state index in [0.717, 1.165) is 15.8 Å². The van der Waals surface area contributed by atoms with Crippen LogP contribution in [0.1, 0.15) is 76.1 Å². The number of nitrogens with zero attached hydrogens (tertiary/aromatic N) is 7. The lowest BCUT2D eigenvalue weighted by Gasteiger charge is -2.32. The molecule has 6 rings (SSSR count). The first-order valence-electron chi connectivity index (χ1n) is 28.4. The number of carbonyl (C=O) groups excluding carboxylic acids is 5. The summed E-state index contributed by atoms with van der Waals surface area (Å²) in [6.45, 7) is 2.69. The first-order chi connectivity index (χ1) is 42.6. The number of alkyl carbamates (subject to hydrolysis) is 1. The van der Waals surface area contributed by atoms with Crippen LogP contribution in [0.5, 0.6) is 5.75 Å². The number of likely N-dealkylation sites (N-methyl/N-ethyl adjacent to an activating group) is 1. The third kappa shape index (κ3) is 22.9. The highest BCUT2D eigenvalue weighted by atomic mass is 32.2. The van der Waals surface area contributed by atoms with E-state index in [1.165, 1.54) is 46.8 Å². The molecule has 0 saturated carbocycles. The van der Waals surface area contributed by atoms with Crippen molar-refractivity contribution in [3.05, 3.63) is 105 Å². The number of hydrogen-bond donors (Lipinski definition) is 8. The standard InChI is InChI=1S/C60H74FN13O12S3/c1-7-29-85-60(80)72(4)36-43-34-44(65-56(78)48(18-11-25-63-3)66-54(77)35-62)23-22-42(43)39-86-59(79)64-26-10-15-41-21-24-50(46(61)33-41)84-30-13-20-52-49(38-75)68-58(88-52)73(27-12-16-45(76)37-74(5,6)28-14-31-89(81,82)83)53-32-40(2)55(71-70-53)69-57-67-47-17-8-9-19-51(47)87-57/h1,8-9,17,19,21-24,32-34,38,45,48,63,76H,11-14,16,18,20,25-31,35-37,39,62H2,2-6H3,(H4-,64,65,66,67,69,71,77,78,79,81,82,83)/p+1. The van der Waals surface area contributed by atoms with Gasteiger partial charge in [0.15, 0.2) is 46.4 Å². The number of terminal acetylenes is 1. The number of thiazole rings is 2. The maximum Gasteiger partial charge on any atom is 0.410 e. The summed E-state index contributed by atoms with van der Waals surface area (Å²) in [6.07, 6.45) is 6.40. The molecule has 0 aliphatic carbocycles. The maximum absolute atomic E-state index is 15.4. The van der Waals surface area contributed by atoms with Gasteiger partial charge in [-0.3, -0.25) is 18.9 Å². The van der Waals surface area contributed by atoms with E-state index < -0.39 is 52.1 Å². The first-order valence-corrected chi connectivity index (χ1v) is 31.7. The van der Waals surface area contributed by atoms with Crippen molar-refractivity contribution < 1.29 is 65.1 Å². The Morgan fingerprint density at radius 3 is 2.49 bits per heavy atom. The van der Waals surface area contributed by atoms with E-state index >= 15 is 4.39 Å². The van der Waals surface area contributed by atoms with Crippen LogP contribution >= 0.6 is 22.7 Å². The molecule has 3 heterocycles. The number of aliphatic hydroxyl groups excluding tert-OH is 1. The quantitative estimate of drug-likeness (QED) is 0.00749. The molecule has 0 aliphatic rings. The minimum absolute atomic E-state index is 0.0210. The van der Waals surface area contributed by atoms with Crippen LogP contribution in [0.15, 0.2) is 66.7 Å². The average Bonchev–Trinajstić information content (AvgIpc) is 3.18. The SMILES string of the molecule is C#CCOC(=O)N(C)Cc1cc(NC(=O)C(CCCNC)NC(=O)CN)ccc1COC(=O)NCC#Cc1ccc(OCCCc2sc(N(CCCC(O)C[N+](C)(C)CCCS(=O)(=O)O)c3cc(C)c(Nc4nc5ccccc5s4)nn3)nc2C=O)c(F)c1. The molecule has 29 heteroatoms. The van der Waals surface area contributed by atoms with E-state index in [1.54, 1.807) is 31.3 Å². The Bertz CT molecular complexity index is 3590. The van der Waals surface area contributed by atoms with Gasteiger partial charge in [0.05, 0.1) is 56.3 Å². The molecule has 3 aromatic heterocycles. The minimum Gasteiger partial charge on any atom is -0.491 e. The zero-order valence-electron chi connectivity index (χ0n) is 50.2. The number of halogens is 1. The monoisotopic (exact) mass is 1280 g/mol. The van der Waals surface area contributed by atoms with Gasteiger partial charge in [-0.05, 0) is 124 Å². The molecule has 0 radical (unpaired) electrons. The van der Waals surface area contributed by atoms with Crippen molar-refractivity contribution >= 4 is 101 Å². The summed E-state index contributed by atoms with van der Waals surface area (Å²) >= 11 is 2.77. The van der Waals surface area contributed by atoms with Crippen molar-refractivity contribution in [3.8, 4) is 29.9 Å². The number of nitrogens with two attached hydrogens (primary N) is 1. The Morgan fingerprint density at radius 2 is 1.78 bits per heavy atom. The molecule has 25 nitrogen and oxygen atoms in total. The number of quaternary nitrogens is 1. The number of benzene rings is 3. The van der Waals surface area contributed by atoms with E-state index in [-0.39, 0.29) is 63.1 Å². The second-order valence-corrected chi connectivity index (χ2v) is 24.8. The van der Waals surface area contributed by atoms with Crippen LogP contribution in [-0.4, -0.2) is 176 Å². The fraction of sp³-hybridized carbons (Fsp3) is 0.417. The Balaban J connectivity index is 1.04. The summed E-state index contributed by atoms with van der Waals surface area (Å²) in [5.74, 6) is 6.71. The number of hydrogen-bond acceptors (Lipinski definition) is 21. The van der Waals surface area contributed by atoms with Crippen LogP contribution in [-0.2, 0) is 48.8 Å². The van der Waals surface area contributed by atoms with Gasteiger partial charge in [0.1, 0.15) is 31.0 Å². The van der Waals surface area contributed by atoms with Crippen molar-refractivity contribution in [3.63, 3.8) is 0 Å². The van der Waals surface area contributed by atoms with E-state index in [4.69, 9.17) is 31.4 Å². The van der Waals surface area contributed by atoms with Crippen molar-refractivity contribution in [2.75, 3.05) is 102 Å². The van der Waals surface area contributed by atoms with E-state index in [1.807, 2.05) is 56.3 Å². The molecule has 0 bridgehead atoms. The lowest BCUT2D eigenvalue weighted by molar-refractivity contribution is -0.893. The molecular formula is C60H75FN13O12S3+. The second-order valence-electron chi connectivity index (χ2n) is 21.2. The first kappa shape index (κ1) is 69.7. The molecule has 89 heavy (non-hydrogen) atoms. The van der Waals surface area contributed by atoms with Crippen LogP contribution in [0.2, 0.25) is 0 Å². The number of aryl methyl sites for hydroxylation is 2. The van der Waals surface area contributed by atoms with Gasteiger partial charge in [-0.15, -0.1) is 28.0 Å². The zero-order chi connectivity index (χ0) is 64.5. The summed E-state index contributed by atoms with van der Waals surface area (Å²) < 4.78 is 64.8. The molecule has 0 spiro atoms. The van der Waals surface area contributed by atoms with Crippen molar-refractivity contribution in [2.24, 2.45) is 5.73 Å². The Hall–Kier alpha value is -8.39. The molecule has 0 aliphatic heterocycles. The molecule has 9 N–H and O–H groups in total. The average molecular weight is 1290 g/mol. The highest BCUT2D eigenvalue weighted by Crippen LogP contribution is 2.34. The van der Waals surface area contributed by atoms with E-state index in [0.29, 0.717) is 125 Å². The molecule has 6 aromatic rings. The molecule has 0 saturated heterocycles. The van der Waals surface area contributed by atoms with Gasteiger partial charge < -0.3 is 65.9 Å². The van der Waals surface area contributed by atoms with Crippen molar-refractivity contribution in [1.82, 2.24) is 41.0 Å². The summed E-state index contributed by atoms with van der Waals surface area (Å²) in [5, 5.41) is 35.5. The molecule has 3 aromatic carbocycles. The summed E-state index contributed by atoms with van der Waals surface area (Å²) in [7, 11) is 2.91. The minimum atomic E-state index is -4.10. The van der Waals surface area contributed by atoms with Crippen LogP contribution < -0.4 is 42.0 Å². The third-order valence-corrected chi connectivity index (χ3v) is 16.4. The number of para-hydroxylation sites is 1. The number of nitrogens with one attached hydrogen (secondary N) is 5. The van der Waals surface area contributed by atoms with E-state index in [2.05, 4.69) is 59.5 Å². The molecule has 0 fully saturated rings. The highest BCUT2D eigenvalue weighted by Gasteiger charge is 2.26. The zero-order valence-corrected chi connectivity index (χ0v) is 52.6. The summed E-state index contributed by atoms with van der Waals surface area (Å²) in [5.41, 5.74) is 8.94. The fourth-order valence-electron chi connectivity index (χ4n) is 9.04. The molecule has 476 valence electrons. The summed E-state index contributed by atoms with van der Waals surface area (Å²) in [6, 6.07) is 17.7. The summed E-state index contributed by atoms with van der Waals surface area (Å²) in [4.78, 5) is 76.4. The van der Waals surface area contributed by atoms with Crippen molar-refractivity contribution in [1.29, 1.82) is 0 Å². The topological polar surface area (TPSA) is 332 Å². The number of carbonyl (C=O) groups is 5. The maximum atomic E-state index is 15.4. The number of aldehydes is 1. The molecular weight excluding hydrogens is 1210 g/mol. The van der Waals surface area contributed by atoms with Gasteiger partial charge in [-0.25, -0.2) is 23.9 Å². The number of rotatable bonds is 34. The molecule has 2 unspecified atom stereocenters. The normalized spacial score (nSPS) is 12.0. The highest BCUT2D eigenvalue weighted by molar-refractivity contribution is 7.85. The van der Waals surface area contributed by atoms with Crippen molar-refractivity contribution in [2.45, 2.75) is 77.2 Å². The predicted octanol–water partition coefficient (Wildman–Crippen LogP) is 6.05. The van der Waals surface area contributed by atoms with Gasteiger partial charge in [-0.2, -0.15) is 8.42 Å². The Morgan fingerprint density at radius 1 is 0.978 bits per heavy atom. The number of aromatic nitrogens is 4. The number of fused-ring (bicyclic) bond motifs is 1.